The number of nitrogens with zero attached hydrogens (tertiary/aromatic N) is 2. The summed E-state index contributed by atoms with van der Waals surface area (Å²) in [6.07, 6.45) is 18.0. The lowest BCUT2D eigenvalue weighted by atomic mass is 9.90. The number of ether oxygens (including phenoxy) is 1. The number of unbranched alkanes of at least 4 members (excludes halogenated alkanes) is 4. The van der Waals surface area contributed by atoms with E-state index in [-0.39, 0.29) is 5.91 Å². The van der Waals surface area contributed by atoms with Crippen LogP contribution in [0.25, 0.3) is 6.08 Å². The van der Waals surface area contributed by atoms with Gasteiger partial charge in [0, 0.05) is 44.7 Å². The van der Waals surface area contributed by atoms with Crippen LogP contribution in [0.1, 0.15) is 69.8 Å². The number of carbonyl (C=O) groups is 1. The third-order valence-electron chi connectivity index (χ3n) is 5.78. The van der Waals surface area contributed by atoms with E-state index in [0.29, 0.717) is 32.2 Å². The van der Waals surface area contributed by atoms with Crippen LogP contribution in [0, 0.1) is 5.92 Å². The molecule has 1 aliphatic rings. The Morgan fingerprint density at radius 2 is 1.97 bits per heavy atom. The highest BCUT2D eigenvalue weighted by atomic mass is 32.2. The summed E-state index contributed by atoms with van der Waals surface area (Å²) in [6.45, 7) is 3.04. The molecule has 1 unspecified atom stereocenters. The van der Waals surface area contributed by atoms with Crippen LogP contribution < -0.4 is 5.32 Å². The van der Waals surface area contributed by atoms with Crippen molar-refractivity contribution in [1.29, 1.82) is 0 Å². The van der Waals surface area contributed by atoms with E-state index >= 15 is 0 Å². The molecule has 2 N–H and O–H groups in total. The summed E-state index contributed by atoms with van der Waals surface area (Å²) >= 11 is -1.95. The molecule has 1 aromatic rings. The van der Waals surface area contributed by atoms with Crippen molar-refractivity contribution in [3.63, 3.8) is 0 Å². The van der Waals surface area contributed by atoms with Gasteiger partial charge in [0.05, 0.1) is 6.61 Å². The van der Waals surface area contributed by atoms with Crippen molar-refractivity contribution < 1.29 is 18.3 Å². The number of pyridine rings is 1. The molecule has 1 saturated carbocycles. The molecule has 32 heavy (non-hydrogen) atoms. The highest BCUT2D eigenvalue weighted by Crippen LogP contribution is 2.23. The summed E-state index contributed by atoms with van der Waals surface area (Å²) in [5.74, 6) is 0.569. The third kappa shape index (κ3) is 12.4. The van der Waals surface area contributed by atoms with Gasteiger partial charge in [0.1, 0.15) is 0 Å². The van der Waals surface area contributed by atoms with E-state index in [4.69, 9.17) is 4.74 Å². The van der Waals surface area contributed by atoms with Crippen molar-refractivity contribution in [2.75, 3.05) is 32.8 Å². The molecule has 1 amide bonds. The zero-order chi connectivity index (χ0) is 22.9. The second-order valence-electron chi connectivity index (χ2n) is 8.42. The van der Waals surface area contributed by atoms with Crippen LogP contribution in [-0.2, 0) is 20.8 Å². The van der Waals surface area contributed by atoms with Gasteiger partial charge in [-0.3, -0.25) is 14.3 Å². The van der Waals surface area contributed by atoms with E-state index in [0.717, 1.165) is 44.3 Å². The first-order chi connectivity index (χ1) is 15.6. The molecule has 2 rings (SSSR count). The van der Waals surface area contributed by atoms with E-state index in [2.05, 4.69) is 10.3 Å². The van der Waals surface area contributed by atoms with Gasteiger partial charge in [-0.15, -0.1) is 0 Å². The summed E-state index contributed by atoms with van der Waals surface area (Å²) in [4.78, 5) is 15.8. The predicted octanol–water partition coefficient (Wildman–Crippen LogP) is 4.20. The number of carbonyl (C=O) groups excluding carboxylic acids is 1. The quantitative estimate of drug-likeness (QED) is 0.217. The maximum Gasteiger partial charge on any atom is 0.243 e. The van der Waals surface area contributed by atoms with Crippen molar-refractivity contribution in [1.82, 2.24) is 14.6 Å². The van der Waals surface area contributed by atoms with Gasteiger partial charge in [-0.25, -0.2) is 4.21 Å². The number of aromatic nitrogens is 1. The monoisotopic (exact) mass is 465 g/mol. The van der Waals surface area contributed by atoms with Gasteiger partial charge < -0.3 is 10.1 Å². The molecule has 1 fully saturated rings. The fraction of sp³-hybridized carbons (Fsp3) is 0.667. The minimum absolute atomic E-state index is 0.0966. The number of hydrogen-bond donors (Lipinski definition) is 2. The van der Waals surface area contributed by atoms with E-state index < -0.39 is 11.3 Å². The molecule has 0 bridgehead atoms. The molecule has 1 atom stereocenters. The summed E-state index contributed by atoms with van der Waals surface area (Å²) in [6, 6.07) is 3.73. The first-order valence-electron chi connectivity index (χ1n) is 11.9. The molecule has 8 heteroatoms. The normalized spacial score (nSPS) is 15.9. The Balaban J connectivity index is 1.44. The Hall–Kier alpha value is -1.61. The average molecular weight is 466 g/mol. The number of rotatable bonds is 16. The molecule has 0 spiro atoms. The number of amides is 1. The smallest absolute Gasteiger partial charge is 0.243 e. The van der Waals surface area contributed by atoms with Crippen LogP contribution in [-0.4, -0.2) is 56.8 Å². The standard InChI is InChI=1S/C24H39N3O4S/c28-24(14-13-22-12-9-15-25-20-22)26-16-7-2-1-3-8-17-27(32(29)30)18-19-31-21-23-10-5-4-6-11-23/h9,12-15,20,23H,1-8,10-11,16-19,21H2,(H,26,28)(H,29,30). The average Bonchev–Trinajstić information content (AvgIpc) is 2.81. The van der Waals surface area contributed by atoms with Crippen LogP contribution in [0.3, 0.4) is 0 Å². The SMILES string of the molecule is O=C(C=Cc1cccnc1)NCCCCCCCN(CCOCC1CCCCC1)S(=O)O. The minimum atomic E-state index is -1.95. The van der Waals surface area contributed by atoms with Crippen molar-refractivity contribution in [3.05, 3.63) is 36.2 Å². The molecular formula is C24H39N3O4S. The van der Waals surface area contributed by atoms with Crippen LogP contribution in [0.15, 0.2) is 30.6 Å². The lowest BCUT2D eigenvalue weighted by Gasteiger charge is -2.22. The van der Waals surface area contributed by atoms with E-state index in [1.165, 1.54) is 38.2 Å². The van der Waals surface area contributed by atoms with Gasteiger partial charge in [0.25, 0.3) is 0 Å². The fourth-order valence-electron chi connectivity index (χ4n) is 3.90. The van der Waals surface area contributed by atoms with Gasteiger partial charge in [0.15, 0.2) is 0 Å². The van der Waals surface area contributed by atoms with Crippen molar-refractivity contribution in [3.8, 4) is 0 Å². The molecule has 7 nitrogen and oxygen atoms in total. The first-order valence-corrected chi connectivity index (χ1v) is 13.0. The molecule has 0 aliphatic heterocycles. The number of hydrogen-bond acceptors (Lipinski definition) is 4. The van der Waals surface area contributed by atoms with Crippen LogP contribution >= 0.6 is 0 Å². The lowest BCUT2D eigenvalue weighted by molar-refractivity contribution is -0.116. The highest BCUT2D eigenvalue weighted by Gasteiger charge is 2.14. The Labute approximate surface area is 195 Å². The van der Waals surface area contributed by atoms with Gasteiger partial charge in [-0.05, 0) is 49.3 Å². The van der Waals surface area contributed by atoms with Crippen LogP contribution in [0.2, 0.25) is 0 Å². The molecule has 0 radical (unpaired) electrons. The summed E-state index contributed by atoms with van der Waals surface area (Å²) in [5.41, 5.74) is 0.899. The van der Waals surface area contributed by atoms with E-state index in [1.54, 1.807) is 22.8 Å². The number of nitrogens with one attached hydrogen (secondary N) is 1. The van der Waals surface area contributed by atoms with Gasteiger partial charge >= 0.3 is 0 Å². The first kappa shape index (κ1) is 26.6. The Bertz CT molecular complexity index is 681. The molecular weight excluding hydrogens is 426 g/mol. The molecule has 180 valence electrons. The fourth-order valence-corrected chi connectivity index (χ4v) is 4.41. The van der Waals surface area contributed by atoms with Gasteiger partial charge in [0.2, 0.25) is 17.2 Å². The van der Waals surface area contributed by atoms with Crippen LogP contribution in [0.4, 0.5) is 0 Å². The molecule has 0 aromatic carbocycles. The van der Waals surface area contributed by atoms with Crippen molar-refractivity contribution in [2.45, 2.75) is 64.2 Å². The van der Waals surface area contributed by atoms with E-state index in [9.17, 15) is 13.6 Å². The molecule has 1 heterocycles. The third-order valence-corrected chi connectivity index (χ3v) is 6.59. The van der Waals surface area contributed by atoms with Crippen molar-refractivity contribution >= 4 is 23.2 Å². The predicted molar refractivity (Wildman–Crippen MR) is 129 cm³/mol. The Morgan fingerprint density at radius 1 is 1.19 bits per heavy atom. The van der Waals surface area contributed by atoms with Crippen LogP contribution in [0.5, 0.6) is 0 Å². The Kier molecular flexibility index (Phi) is 14.1. The zero-order valence-electron chi connectivity index (χ0n) is 19.1. The van der Waals surface area contributed by atoms with E-state index in [1.807, 2.05) is 12.1 Å². The second-order valence-corrected chi connectivity index (χ2v) is 9.40. The Morgan fingerprint density at radius 3 is 2.72 bits per heavy atom. The molecule has 0 saturated heterocycles. The second kappa shape index (κ2) is 16.9. The largest absolute Gasteiger partial charge is 0.380 e. The topological polar surface area (TPSA) is 91.8 Å². The maximum absolute atomic E-state index is 11.8. The summed E-state index contributed by atoms with van der Waals surface area (Å²) in [5, 5.41) is 2.89. The van der Waals surface area contributed by atoms with Crippen molar-refractivity contribution in [2.24, 2.45) is 5.92 Å². The highest BCUT2D eigenvalue weighted by molar-refractivity contribution is 7.76. The molecule has 1 aromatic heterocycles. The molecule has 1 aliphatic carbocycles. The summed E-state index contributed by atoms with van der Waals surface area (Å²) < 4.78 is 28.4. The van der Waals surface area contributed by atoms with Gasteiger partial charge in [-0.2, -0.15) is 4.31 Å². The maximum atomic E-state index is 11.8. The minimum Gasteiger partial charge on any atom is -0.380 e. The zero-order valence-corrected chi connectivity index (χ0v) is 19.9. The lowest BCUT2D eigenvalue weighted by Crippen LogP contribution is -2.31. The summed E-state index contributed by atoms with van der Waals surface area (Å²) in [7, 11) is 0. The van der Waals surface area contributed by atoms with Gasteiger partial charge in [-0.1, -0.05) is 44.6 Å².